The lowest BCUT2D eigenvalue weighted by Gasteiger charge is -2.09. The van der Waals surface area contributed by atoms with Crippen molar-refractivity contribution in [1.29, 1.82) is 0 Å². The van der Waals surface area contributed by atoms with Gasteiger partial charge in [0.1, 0.15) is 5.75 Å². The SMILES string of the molecule is Cc1cc(Br)ccc1OCCc1ccncc1. The topological polar surface area (TPSA) is 22.1 Å². The van der Waals surface area contributed by atoms with Crippen LogP contribution in [0, 0.1) is 6.92 Å². The zero-order chi connectivity index (χ0) is 12.1. The summed E-state index contributed by atoms with van der Waals surface area (Å²) in [5.74, 6) is 0.947. The van der Waals surface area contributed by atoms with Gasteiger partial charge in [-0.15, -0.1) is 0 Å². The van der Waals surface area contributed by atoms with E-state index >= 15 is 0 Å². The van der Waals surface area contributed by atoms with Crippen molar-refractivity contribution < 1.29 is 4.74 Å². The number of nitrogens with zero attached hydrogens (tertiary/aromatic N) is 1. The molecule has 0 saturated carbocycles. The van der Waals surface area contributed by atoms with E-state index < -0.39 is 0 Å². The molecule has 0 N–H and O–H groups in total. The standard InChI is InChI=1S/C14H14BrNO/c1-11-10-13(15)2-3-14(11)17-9-6-12-4-7-16-8-5-12/h2-5,7-8,10H,6,9H2,1H3. The van der Waals surface area contributed by atoms with Crippen LogP contribution < -0.4 is 4.74 Å². The van der Waals surface area contributed by atoms with Crippen LogP contribution in [0.3, 0.4) is 0 Å². The Balaban J connectivity index is 1.90. The van der Waals surface area contributed by atoms with Crippen LogP contribution in [0.25, 0.3) is 0 Å². The normalized spacial score (nSPS) is 10.2. The number of halogens is 1. The second-order valence-corrected chi connectivity index (χ2v) is 4.78. The molecule has 1 aromatic carbocycles. The number of benzene rings is 1. The van der Waals surface area contributed by atoms with Crippen LogP contribution >= 0.6 is 15.9 Å². The van der Waals surface area contributed by atoms with Crippen LogP contribution in [0.5, 0.6) is 5.75 Å². The second kappa shape index (κ2) is 5.82. The molecular weight excluding hydrogens is 278 g/mol. The molecule has 88 valence electrons. The quantitative estimate of drug-likeness (QED) is 0.855. The van der Waals surface area contributed by atoms with Gasteiger partial charge in [-0.05, 0) is 48.4 Å². The number of aromatic nitrogens is 1. The second-order valence-electron chi connectivity index (χ2n) is 3.86. The fraction of sp³-hybridized carbons (Fsp3) is 0.214. The summed E-state index contributed by atoms with van der Waals surface area (Å²) in [7, 11) is 0. The summed E-state index contributed by atoms with van der Waals surface area (Å²) >= 11 is 3.44. The molecule has 0 aliphatic rings. The van der Waals surface area contributed by atoms with Gasteiger partial charge in [-0.3, -0.25) is 4.98 Å². The molecule has 17 heavy (non-hydrogen) atoms. The lowest BCUT2D eigenvalue weighted by atomic mass is 10.2. The first-order valence-corrected chi connectivity index (χ1v) is 6.33. The van der Waals surface area contributed by atoms with Crippen LogP contribution in [0.1, 0.15) is 11.1 Å². The Morgan fingerprint density at radius 3 is 2.65 bits per heavy atom. The summed E-state index contributed by atoms with van der Waals surface area (Å²) in [4.78, 5) is 3.99. The first kappa shape index (κ1) is 12.1. The molecule has 0 atom stereocenters. The molecule has 0 radical (unpaired) electrons. The van der Waals surface area contributed by atoms with Gasteiger partial charge in [-0.1, -0.05) is 15.9 Å². The highest BCUT2D eigenvalue weighted by molar-refractivity contribution is 9.10. The summed E-state index contributed by atoms with van der Waals surface area (Å²) in [6.45, 7) is 2.74. The minimum absolute atomic E-state index is 0.687. The number of ether oxygens (including phenoxy) is 1. The fourth-order valence-corrected chi connectivity index (χ4v) is 2.08. The van der Waals surface area contributed by atoms with Crippen molar-refractivity contribution in [2.24, 2.45) is 0 Å². The van der Waals surface area contributed by atoms with E-state index in [-0.39, 0.29) is 0 Å². The number of rotatable bonds is 4. The smallest absolute Gasteiger partial charge is 0.122 e. The van der Waals surface area contributed by atoms with Crippen molar-refractivity contribution in [3.63, 3.8) is 0 Å². The predicted octanol–water partition coefficient (Wildman–Crippen LogP) is 3.77. The average Bonchev–Trinajstić information content (AvgIpc) is 2.33. The fourth-order valence-electron chi connectivity index (χ4n) is 1.60. The maximum absolute atomic E-state index is 5.75. The zero-order valence-corrected chi connectivity index (χ0v) is 11.3. The highest BCUT2D eigenvalue weighted by Gasteiger charge is 2.00. The Kier molecular flexibility index (Phi) is 4.15. The van der Waals surface area contributed by atoms with E-state index in [0.717, 1.165) is 22.2 Å². The maximum Gasteiger partial charge on any atom is 0.122 e. The molecule has 0 aliphatic heterocycles. The third kappa shape index (κ3) is 3.56. The van der Waals surface area contributed by atoms with Crippen molar-refractivity contribution >= 4 is 15.9 Å². The Morgan fingerprint density at radius 1 is 1.18 bits per heavy atom. The monoisotopic (exact) mass is 291 g/mol. The molecule has 0 amide bonds. The van der Waals surface area contributed by atoms with Crippen LogP contribution in [0.15, 0.2) is 47.2 Å². The average molecular weight is 292 g/mol. The van der Waals surface area contributed by atoms with E-state index in [4.69, 9.17) is 4.74 Å². The number of hydrogen-bond donors (Lipinski definition) is 0. The van der Waals surface area contributed by atoms with Gasteiger partial charge in [0.05, 0.1) is 6.61 Å². The molecule has 0 saturated heterocycles. The third-order valence-electron chi connectivity index (χ3n) is 2.53. The molecule has 0 fully saturated rings. The molecule has 0 unspecified atom stereocenters. The molecule has 3 heteroatoms. The predicted molar refractivity (Wildman–Crippen MR) is 72.3 cm³/mol. The molecule has 0 aliphatic carbocycles. The van der Waals surface area contributed by atoms with Gasteiger partial charge in [0, 0.05) is 23.3 Å². The summed E-state index contributed by atoms with van der Waals surface area (Å²) in [5, 5.41) is 0. The molecule has 2 aromatic rings. The molecular formula is C14H14BrNO. The van der Waals surface area contributed by atoms with Gasteiger partial charge in [-0.25, -0.2) is 0 Å². The van der Waals surface area contributed by atoms with Crippen LogP contribution in [0.2, 0.25) is 0 Å². The van der Waals surface area contributed by atoms with Gasteiger partial charge >= 0.3 is 0 Å². The number of hydrogen-bond acceptors (Lipinski definition) is 2. The molecule has 0 bridgehead atoms. The summed E-state index contributed by atoms with van der Waals surface area (Å²) < 4.78 is 6.83. The molecule has 0 spiro atoms. The van der Waals surface area contributed by atoms with Gasteiger partial charge in [0.2, 0.25) is 0 Å². The molecule has 2 rings (SSSR count). The first-order valence-electron chi connectivity index (χ1n) is 5.53. The van der Waals surface area contributed by atoms with Gasteiger partial charge in [0.15, 0.2) is 0 Å². The Labute approximate surface area is 110 Å². The summed E-state index contributed by atoms with van der Waals surface area (Å²) in [6, 6.07) is 10.1. The van der Waals surface area contributed by atoms with Gasteiger partial charge < -0.3 is 4.74 Å². The lowest BCUT2D eigenvalue weighted by molar-refractivity contribution is 0.319. The van der Waals surface area contributed by atoms with Crippen LogP contribution in [-0.2, 0) is 6.42 Å². The van der Waals surface area contributed by atoms with E-state index in [1.54, 1.807) is 12.4 Å². The molecule has 1 heterocycles. The van der Waals surface area contributed by atoms with Crippen LogP contribution in [0.4, 0.5) is 0 Å². The zero-order valence-electron chi connectivity index (χ0n) is 9.69. The van der Waals surface area contributed by atoms with Crippen molar-refractivity contribution in [2.75, 3.05) is 6.61 Å². The van der Waals surface area contributed by atoms with E-state index in [9.17, 15) is 0 Å². The Hall–Kier alpha value is -1.35. The summed E-state index contributed by atoms with van der Waals surface area (Å²) in [5.41, 5.74) is 2.39. The van der Waals surface area contributed by atoms with Crippen molar-refractivity contribution in [2.45, 2.75) is 13.3 Å². The van der Waals surface area contributed by atoms with Crippen molar-refractivity contribution in [3.8, 4) is 5.75 Å². The van der Waals surface area contributed by atoms with E-state index in [1.807, 2.05) is 31.2 Å². The summed E-state index contributed by atoms with van der Waals surface area (Å²) in [6.07, 6.45) is 4.51. The minimum Gasteiger partial charge on any atom is -0.493 e. The van der Waals surface area contributed by atoms with Gasteiger partial charge in [-0.2, -0.15) is 0 Å². The Bertz CT molecular complexity index is 485. The van der Waals surface area contributed by atoms with E-state index in [0.29, 0.717) is 6.61 Å². The van der Waals surface area contributed by atoms with Crippen molar-refractivity contribution in [1.82, 2.24) is 4.98 Å². The number of pyridine rings is 1. The highest BCUT2D eigenvalue weighted by Crippen LogP contribution is 2.22. The van der Waals surface area contributed by atoms with Crippen LogP contribution in [-0.4, -0.2) is 11.6 Å². The lowest BCUT2D eigenvalue weighted by Crippen LogP contribution is -2.02. The molecule has 2 nitrogen and oxygen atoms in total. The largest absolute Gasteiger partial charge is 0.493 e. The first-order chi connectivity index (χ1) is 8.25. The Morgan fingerprint density at radius 2 is 1.94 bits per heavy atom. The number of aryl methyl sites for hydroxylation is 1. The maximum atomic E-state index is 5.75. The van der Waals surface area contributed by atoms with E-state index in [2.05, 4.69) is 27.0 Å². The minimum atomic E-state index is 0.687. The van der Waals surface area contributed by atoms with Gasteiger partial charge in [0.25, 0.3) is 0 Å². The van der Waals surface area contributed by atoms with E-state index in [1.165, 1.54) is 5.56 Å². The molecule has 1 aromatic heterocycles. The highest BCUT2D eigenvalue weighted by atomic mass is 79.9. The third-order valence-corrected chi connectivity index (χ3v) is 3.03. The van der Waals surface area contributed by atoms with Crippen molar-refractivity contribution in [3.05, 3.63) is 58.3 Å².